The Labute approximate surface area is 206 Å². The molecule has 0 aromatic heterocycles. The van der Waals surface area contributed by atoms with Gasteiger partial charge in [0.2, 0.25) is 0 Å². The van der Waals surface area contributed by atoms with E-state index in [1.807, 2.05) is 60.7 Å². The quantitative estimate of drug-likeness (QED) is 0.301. The first-order valence-electron chi connectivity index (χ1n) is 11.1. The lowest BCUT2D eigenvalue weighted by atomic mass is 10.0. The lowest BCUT2D eigenvalue weighted by molar-refractivity contribution is 0.142. The zero-order valence-electron chi connectivity index (χ0n) is 19.8. The van der Waals surface area contributed by atoms with Crippen molar-refractivity contribution in [2.45, 2.75) is 38.7 Å². The first-order chi connectivity index (χ1) is 16.6. The highest BCUT2D eigenvalue weighted by Gasteiger charge is 2.25. The predicted molar refractivity (Wildman–Crippen MR) is 133 cm³/mol. The fraction of sp³-hybridized carbons (Fsp3) is 0.308. The third kappa shape index (κ3) is 9.31. The molecule has 0 heterocycles. The van der Waals surface area contributed by atoms with E-state index in [1.54, 1.807) is 32.0 Å². The first-order valence-corrected chi connectivity index (χ1v) is 12.5. The molecule has 0 amide bonds. The number of aliphatic hydroxyl groups is 1. The summed E-state index contributed by atoms with van der Waals surface area (Å²) >= 11 is 0. The topological polar surface area (TPSA) is 114 Å². The molecule has 0 aliphatic carbocycles. The maximum atomic E-state index is 11.6. The minimum absolute atomic E-state index is 0.00634. The molecule has 0 fully saturated rings. The summed E-state index contributed by atoms with van der Waals surface area (Å²) in [6, 6.07) is 24.2. The minimum atomic E-state index is -4.77. The highest BCUT2D eigenvalue weighted by atomic mass is 32.3. The highest BCUT2D eigenvalue weighted by molar-refractivity contribution is 7.80. The van der Waals surface area contributed by atoms with Gasteiger partial charge in [-0.15, -0.1) is 0 Å². The van der Waals surface area contributed by atoms with Crippen LogP contribution in [-0.2, 0) is 27.8 Å². The van der Waals surface area contributed by atoms with Gasteiger partial charge in [-0.2, -0.15) is 8.42 Å². The smallest absolute Gasteiger partial charge is 0.397 e. The summed E-state index contributed by atoms with van der Waals surface area (Å²) in [5.74, 6) is 0.888. The van der Waals surface area contributed by atoms with Gasteiger partial charge < -0.3 is 19.9 Å². The molecule has 0 spiro atoms. The highest BCUT2D eigenvalue weighted by Crippen LogP contribution is 2.30. The van der Waals surface area contributed by atoms with Gasteiger partial charge in [-0.3, -0.25) is 4.55 Å². The van der Waals surface area contributed by atoms with Crippen LogP contribution in [0.25, 0.3) is 0 Å². The normalized spacial score (nSPS) is 12.8. The molecule has 1 atom stereocenters. The van der Waals surface area contributed by atoms with Gasteiger partial charge in [0, 0.05) is 18.2 Å². The zero-order chi connectivity index (χ0) is 25.3. The Hall–Kier alpha value is -2.95. The Morgan fingerprint density at radius 2 is 1.34 bits per heavy atom. The molecule has 188 valence electrons. The molecular formula is C26H31NO7S. The molecule has 35 heavy (non-hydrogen) atoms. The Morgan fingerprint density at radius 1 is 0.857 bits per heavy atom. The van der Waals surface area contributed by atoms with E-state index in [2.05, 4.69) is 5.32 Å². The van der Waals surface area contributed by atoms with Crippen molar-refractivity contribution in [3.63, 3.8) is 0 Å². The van der Waals surface area contributed by atoms with Gasteiger partial charge in [0.25, 0.3) is 0 Å². The molecule has 1 unspecified atom stereocenters. The van der Waals surface area contributed by atoms with Crippen LogP contribution in [0.15, 0.2) is 78.9 Å². The van der Waals surface area contributed by atoms with Crippen LogP contribution in [0.5, 0.6) is 11.5 Å². The summed E-state index contributed by atoms with van der Waals surface area (Å²) in [7, 11) is -4.77. The van der Waals surface area contributed by atoms with Crippen molar-refractivity contribution in [1.82, 2.24) is 5.32 Å². The Morgan fingerprint density at radius 3 is 1.77 bits per heavy atom. The summed E-state index contributed by atoms with van der Waals surface area (Å²) < 4.78 is 49.5. The maximum absolute atomic E-state index is 11.6. The van der Waals surface area contributed by atoms with Crippen LogP contribution in [0.1, 0.15) is 36.6 Å². The lowest BCUT2D eigenvalue weighted by Gasteiger charge is -2.27. The Kier molecular flexibility index (Phi) is 9.25. The van der Waals surface area contributed by atoms with E-state index in [0.717, 1.165) is 11.1 Å². The van der Waals surface area contributed by atoms with Gasteiger partial charge in [-0.25, -0.2) is 4.18 Å². The van der Waals surface area contributed by atoms with E-state index in [0.29, 0.717) is 30.3 Å². The number of hydrogen-bond acceptors (Lipinski definition) is 7. The van der Waals surface area contributed by atoms with Gasteiger partial charge >= 0.3 is 10.4 Å². The SMILES string of the molecule is CC(C)(CO)NCC(OS(=O)(=O)O)c1cc(OCc2ccccc2)cc(OCc2ccccc2)c1. The maximum Gasteiger partial charge on any atom is 0.397 e. The average Bonchev–Trinajstić information content (AvgIpc) is 2.84. The van der Waals surface area contributed by atoms with E-state index < -0.39 is 22.0 Å². The summed E-state index contributed by atoms with van der Waals surface area (Å²) in [6.45, 7) is 3.91. The fourth-order valence-electron chi connectivity index (χ4n) is 3.21. The van der Waals surface area contributed by atoms with Crippen molar-refractivity contribution < 1.29 is 31.7 Å². The number of benzene rings is 3. The predicted octanol–water partition coefficient (Wildman–Crippen LogP) is 4.07. The minimum Gasteiger partial charge on any atom is -0.489 e. The molecule has 8 nitrogen and oxygen atoms in total. The third-order valence-electron chi connectivity index (χ3n) is 5.17. The van der Waals surface area contributed by atoms with Crippen LogP contribution in [0.2, 0.25) is 0 Å². The molecule has 0 saturated carbocycles. The van der Waals surface area contributed by atoms with Crippen LogP contribution >= 0.6 is 0 Å². The van der Waals surface area contributed by atoms with Crippen molar-refractivity contribution in [2.75, 3.05) is 13.2 Å². The second kappa shape index (κ2) is 12.1. The van der Waals surface area contributed by atoms with Crippen molar-refractivity contribution in [2.24, 2.45) is 0 Å². The third-order valence-corrected chi connectivity index (χ3v) is 5.65. The second-order valence-electron chi connectivity index (χ2n) is 8.72. The second-order valence-corrected chi connectivity index (χ2v) is 9.77. The van der Waals surface area contributed by atoms with Gasteiger partial charge in [0.1, 0.15) is 30.8 Å². The van der Waals surface area contributed by atoms with E-state index in [1.165, 1.54) is 0 Å². The van der Waals surface area contributed by atoms with Crippen LogP contribution in [-0.4, -0.2) is 36.8 Å². The molecular weight excluding hydrogens is 470 g/mol. The standard InChI is InChI=1S/C26H31NO7S/c1-26(2,19-28)27-16-25(34-35(29,30)31)22-13-23(32-17-20-9-5-3-6-10-20)15-24(14-22)33-18-21-11-7-4-8-12-21/h3-15,25,27-28H,16-19H2,1-2H3,(H,29,30,31). The van der Waals surface area contributed by atoms with Gasteiger partial charge in [-0.05, 0) is 42.7 Å². The lowest BCUT2D eigenvalue weighted by Crippen LogP contribution is -2.45. The average molecular weight is 502 g/mol. The summed E-state index contributed by atoms with van der Waals surface area (Å²) in [4.78, 5) is 0. The van der Waals surface area contributed by atoms with Gasteiger partial charge in [0.05, 0.1) is 6.61 Å². The first kappa shape index (κ1) is 26.7. The van der Waals surface area contributed by atoms with Crippen LogP contribution in [0.4, 0.5) is 0 Å². The van der Waals surface area contributed by atoms with E-state index in [9.17, 15) is 18.1 Å². The van der Waals surface area contributed by atoms with Crippen molar-refractivity contribution >= 4 is 10.4 Å². The van der Waals surface area contributed by atoms with Crippen LogP contribution in [0, 0.1) is 0 Å². The molecule has 0 aliphatic heterocycles. The van der Waals surface area contributed by atoms with Crippen molar-refractivity contribution in [3.05, 3.63) is 95.6 Å². The van der Waals surface area contributed by atoms with E-state index >= 15 is 0 Å². The number of hydrogen-bond donors (Lipinski definition) is 3. The zero-order valence-corrected chi connectivity index (χ0v) is 20.6. The van der Waals surface area contributed by atoms with Gasteiger partial charge in [-0.1, -0.05) is 60.7 Å². The monoisotopic (exact) mass is 501 g/mol. The number of aliphatic hydroxyl groups excluding tert-OH is 1. The molecule has 3 aromatic rings. The molecule has 0 aliphatic rings. The molecule has 9 heteroatoms. The molecule has 3 rings (SSSR count). The fourth-order valence-corrected chi connectivity index (χ4v) is 3.68. The Balaban J connectivity index is 1.89. The molecule has 3 N–H and O–H groups in total. The van der Waals surface area contributed by atoms with Crippen molar-refractivity contribution in [3.8, 4) is 11.5 Å². The number of ether oxygens (including phenoxy) is 2. The number of rotatable bonds is 13. The van der Waals surface area contributed by atoms with Gasteiger partial charge in [0.15, 0.2) is 0 Å². The molecule has 0 saturated heterocycles. The summed E-state index contributed by atoms with van der Waals surface area (Å²) in [5, 5.41) is 12.6. The molecule has 3 aromatic carbocycles. The van der Waals surface area contributed by atoms with Crippen LogP contribution < -0.4 is 14.8 Å². The number of nitrogens with one attached hydrogen (secondary N) is 1. The Bertz CT molecular complexity index is 1110. The van der Waals surface area contributed by atoms with E-state index in [4.69, 9.17) is 13.7 Å². The summed E-state index contributed by atoms with van der Waals surface area (Å²) in [5.41, 5.74) is 1.63. The van der Waals surface area contributed by atoms with E-state index in [-0.39, 0.29) is 13.2 Å². The largest absolute Gasteiger partial charge is 0.489 e. The van der Waals surface area contributed by atoms with Crippen LogP contribution in [0.3, 0.4) is 0 Å². The summed E-state index contributed by atoms with van der Waals surface area (Å²) in [6.07, 6.45) is -1.10. The molecule has 0 bridgehead atoms. The molecule has 0 radical (unpaired) electrons. The van der Waals surface area contributed by atoms with Crippen molar-refractivity contribution in [1.29, 1.82) is 0 Å².